The predicted molar refractivity (Wildman–Crippen MR) is 60.6 cm³/mol. The fourth-order valence-electron chi connectivity index (χ4n) is 1.52. The Kier molecular flexibility index (Phi) is 4.40. The topological polar surface area (TPSA) is 42.0 Å². The molecule has 1 heterocycles. The van der Waals surface area contributed by atoms with Crippen molar-refractivity contribution in [1.29, 1.82) is 0 Å². The third-order valence-corrected chi connectivity index (χ3v) is 2.51. The Hall–Kier alpha value is -1.45. The lowest BCUT2D eigenvalue weighted by molar-refractivity contribution is 0.0918. The van der Waals surface area contributed by atoms with Gasteiger partial charge in [-0.1, -0.05) is 26.8 Å². The Morgan fingerprint density at radius 3 is 2.69 bits per heavy atom. The average molecular weight is 224 g/mol. The van der Waals surface area contributed by atoms with E-state index >= 15 is 0 Å². The minimum Gasteiger partial charge on any atom is -0.348 e. The van der Waals surface area contributed by atoms with Crippen molar-refractivity contribution >= 4 is 5.91 Å². The highest BCUT2D eigenvalue weighted by atomic mass is 19.1. The van der Waals surface area contributed by atoms with Crippen LogP contribution in [0.1, 0.15) is 37.7 Å². The zero-order valence-corrected chi connectivity index (χ0v) is 9.83. The number of rotatable bonds is 4. The normalized spacial score (nSPS) is 12.6. The monoisotopic (exact) mass is 224 g/mol. The van der Waals surface area contributed by atoms with Crippen molar-refractivity contribution in [3.8, 4) is 0 Å². The van der Waals surface area contributed by atoms with Gasteiger partial charge in [0.1, 0.15) is 5.69 Å². The zero-order chi connectivity index (χ0) is 12.1. The second-order valence-corrected chi connectivity index (χ2v) is 4.08. The number of aromatic nitrogens is 1. The van der Waals surface area contributed by atoms with E-state index < -0.39 is 5.95 Å². The summed E-state index contributed by atoms with van der Waals surface area (Å²) in [5, 5.41) is 2.84. The van der Waals surface area contributed by atoms with Crippen LogP contribution < -0.4 is 5.32 Å². The van der Waals surface area contributed by atoms with E-state index in [4.69, 9.17) is 0 Å². The number of hydrogen-bond acceptors (Lipinski definition) is 2. The van der Waals surface area contributed by atoms with E-state index in [9.17, 15) is 9.18 Å². The highest BCUT2D eigenvalue weighted by Gasteiger charge is 2.16. The van der Waals surface area contributed by atoms with Gasteiger partial charge < -0.3 is 5.32 Å². The molecule has 1 rings (SSSR count). The molecule has 0 saturated carbocycles. The lowest BCUT2D eigenvalue weighted by atomic mass is 10.0. The van der Waals surface area contributed by atoms with Gasteiger partial charge in [-0.05, 0) is 24.5 Å². The van der Waals surface area contributed by atoms with Crippen molar-refractivity contribution < 1.29 is 9.18 Å². The van der Waals surface area contributed by atoms with Gasteiger partial charge >= 0.3 is 0 Å². The minimum absolute atomic E-state index is 0.0950. The molecule has 0 aliphatic carbocycles. The van der Waals surface area contributed by atoms with Crippen LogP contribution in [0.3, 0.4) is 0 Å². The van der Waals surface area contributed by atoms with E-state index in [-0.39, 0.29) is 17.6 Å². The molecule has 0 fully saturated rings. The van der Waals surface area contributed by atoms with Crippen LogP contribution in [0.4, 0.5) is 4.39 Å². The standard InChI is InChI=1S/C12H17FN2O/c1-4-9(8(2)3)15-12(16)10-6-5-7-11(13)14-10/h5-9H,4H2,1-3H3,(H,15,16). The van der Waals surface area contributed by atoms with Gasteiger partial charge in [0, 0.05) is 6.04 Å². The lowest BCUT2D eigenvalue weighted by Crippen LogP contribution is -2.38. The van der Waals surface area contributed by atoms with Crippen molar-refractivity contribution in [2.75, 3.05) is 0 Å². The summed E-state index contributed by atoms with van der Waals surface area (Å²) in [5.41, 5.74) is 0.124. The van der Waals surface area contributed by atoms with Crippen molar-refractivity contribution in [3.63, 3.8) is 0 Å². The first-order chi connectivity index (χ1) is 7.54. The van der Waals surface area contributed by atoms with E-state index in [0.717, 1.165) is 6.42 Å². The molecule has 0 aromatic carbocycles. The number of halogens is 1. The molecule has 0 saturated heterocycles. The zero-order valence-electron chi connectivity index (χ0n) is 9.83. The van der Waals surface area contributed by atoms with Gasteiger partial charge in [0.15, 0.2) is 0 Å². The SMILES string of the molecule is CCC(NC(=O)c1cccc(F)n1)C(C)C. The molecule has 16 heavy (non-hydrogen) atoms. The Bertz CT molecular complexity index is 366. The molecule has 1 aromatic rings. The lowest BCUT2D eigenvalue weighted by Gasteiger charge is -2.20. The van der Waals surface area contributed by atoms with Crippen LogP contribution >= 0.6 is 0 Å². The quantitative estimate of drug-likeness (QED) is 0.798. The van der Waals surface area contributed by atoms with Gasteiger partial charge in [0.05, 0.1) is 0 Å². The summed E-state index contributed by atoms with van der Waals surface area (Å²) in [6.45, 7) is 6.07. The molecule has 0 aliphatic rings. The summed E-state index contributed by atoms with van der Waals surface area (Å²) in [4.78, 5) is 15.3. The Labute approximate surface area is 95.1 Å². The summed E-state index contributed by atoms with van der Waals surface area (Å²) >= 11 is 0. The number of pyridine rings is 1. The molecule has 3 nitrogen and oxygen atoms in total. The van der Waals surface area contributed by atoms with Crippen molar-refractivity contribution in [3.05, 3.63) is 29.8 Å². The second-order valence-electron chi connectivity index (χ2n) is 4.08. The van der Waals surface area contributed by atoms with Crippen LogP contribution in [-0.2, 0) is 0 Å². The molecule has 4 heteroatoms. The van der Waals surface area contributed by atoms with Crippen molar-refractivity contribution in [2.24, 2.45) is 5.92 Å². The molecule has 88 valence electrons. The maximum absolute atomic E-state index is 12.8. The average Bonchev–Trinajstić information content (AvgIpc) is 2.25. The molecule has 0 spiro atoms. The molecular weight excluding hydrogens is 207 g/mol. The summed E-state index contributed by atoms with van der Waals surface area (Å²) < 4.78 is 12.8. The minimum atomic E-state index is -0.634. The van der Waals surface area contributed by atoms with E-state index in [1.807, 2.05) is 20.8 Å². The second kappa shape index (κ2) is 5.58. The highest BCUT2D eigenvalue weighted by molar-refractivity contribution is 5.92. The number of nitrogens with one attached hydrogen (secondary N) is 1. The number of nitrogens with zero attached hydrogens (tertiary/aromatic N) is 1. The van der Waals surface area contributed by atoms with Crippen LogP contribution in [0.5, 0.6) is 0 Å². The van der Waals surface area contributed by atoms with E-state index in [1.54, 1.807) is 0 Å². The fraction of sp³-hybridized carbons (Fsp3) is 0.500. The molecule has 0 aliphatic heterocycles. The number of carbonyl (C=O) groups excluding carboxylic acids is 1. The summed E-state index contributed by atoms with van der Waals surface area (Å²) in [6, 6.07) is 4.30. The largest absolute Gasteiger partial charge is 0.348 e. The first-order valence-electron chi connectivity index (χ1n) is 5.48. The molecule has 1 aromatic heterocycles. The summed E-state index contributed by atoms with van der Waals surface area (Å²) in [5.74, 6) is -0.604. The van der Waals surface area contributed by atoms with Gasteiger partial charge in [-0.25, -0.2) is 4.98 Å². The Balaban J connectivity index is 2.72. The molecular formula is C12H17FN2O. The third kappa shape index (κ3) is 3.29. The molecule has 0 bridgehead atoms. The van der Waals surface area contributed by atoms with Crippen LogP contribution in [0.15, 0.2) is 18.2 Å². The molecule has 1 N–H and O–H groups in total. The van der Waals surface area contributed by atoms with Crippen LogP contribution in [0, 0.1) is 11.9 Å². The maximum atomic E-state index is 12.8. The molecule has 1 unspecified atom stereocenters. The van der Waals surface area contributed by atoms with E-state index in [1.165, 1.54) is 18.2 Å². The van der Waals surface area contributed by atoms with Crippen molar-refractivity contribution in [2.45, 2.75) is 33.2 Å². The van der Waals surface area contributed by atoms with Gasteiger partial charge in [0.25, 0.3) is 5.91 Å². The number of amides is 1. The summed E-state index contributed by atoms with van der Waals surface area (Å²) in [6.07, 6.45) is 0.846. The highest BCUT2D eigenvalue weighted by Crippen LogP contribution is 2.07. The maximum Gasteiger partial charge on any atom is 0.270 e. The number of hydrogen-bond donors (Lipinski definition) is 1. The van der Waals surface area contributed by atoms with E-state index in [2.05, 4.69) is 10.3 Å². The smallest absolute Gasteiger partial charge is 0.270 e. The number of carbonyl (C=O) groups is 1. The van der Waals surface area contributed by atoms with Gasteiger partial charge in [-0.2, -0.15) is 4.39 Å². The fourth-order valence-corrected chi connectivity index (χ4v) is 1.52. The van der Waals surface area contributed by atoms with Gasteiger partial charge in [-0.3, -0.25) is 4.79 Å². The molecule has 0 radical (unpaired) electrons. The van der Waals surface area contributed by atoms with Crippen molar-refractivity contribution in [1.82, 2.24) is 10.3 Å². The van der Waals surface area contributed by atoms with Gasteiger partial charge in [-0.15, -0.1) is 0 Å². The Morgan fingerprint density at radius 2 is 2.19 bits per heavy atom. The first kappa shape index (κ1) is 12.6. The predicted octanol–water partition coefficient (Wildman–Crippen LogP) is 2.39. The third-order valence-electron chi connectivity index (χ3n) is 2.51. The molecule has 1 atom stereocenters. The summed E-state index contributed by atoms with van der Waals surface area (Å²) in [7, 11) is 0. The van der Waals surface area contributed by atoms with Gasteiger partial charge in [0.2, 0.25) is 5.95 Å². The van der Waals surface area contributed by atoms with Crippen LogP contribution in [-0.4, -0.2) is 16.9 Å². The molecule has 1 amide bonds. The Morgan fingerprint density at radius 1 is 1.50 bits per heavy atom. The van der Waals surface area contributed by atoms with Crippen LogP contribution in [0.25, 0.3) is 0 Å². The first-order valence-corrected chi connectivity index (χ1v) is 5.48. The van der Waals surface area contributed by atoms with E-state index in [0.29, 0.717) is 5.92 Å². The van der Waals surface area contributed by atoms with Crippen LogP contribution in [0.2, 0.25) is 0 Å².